The van der Waals surface area contributed by atoms with E-state index in [1.165, 1.54) is 35.9 Å². The van der Waals surface area contributed by atoms with E-state index >= 15 is 0 Å². The third-order valence-corrected chi connectivity index (χ3v) is 4.53. The molecule has 4 heteroatoms. The van der Waals surface area contributed by atoms with Crippen molar-refractivity contribution < 1.29 is 4.79 Å². The number of aromatic amines is 1. The van der Waals surface area contributed by atoms with Gasteiger partial charge in [-0.15, -0.1) is 0 Å². The Labute approximate surface area is 134 Å². The van der Waals surface area contributed by atoms with Crippen LogP contribution >= 0.6 is 0 Å². The average Bonchev–Trinajstić information content (AvgIpc) is 2.77. The molecule has 0 unspecified atom stereocenters. The van der Waals surface area contributed by atoms with Crippen LogP contribution < -0.4 is 5.32 Å². The van der Waals surface area contributed by atoms with Crippen molar-refractivity contribution in [1.82, 2.24) is 9.97 Å². The van der Waals surface area contributed by atoms with Crippen LogP contribution in [0.25, 0.3) is 10.9 Å². The van der Waals surface area contributed by atoms with Crippen LogP contribution in [-0.4, -0.2) is 15.9 Å². The molecule has 0 radical (unpaired) electrons. The van der Waals surface area contributed by atoms with Crippen molar-refractivity contribution in [2.75, 3.05) is 5.32 Å². The van der Waals surface area contributed by atoms with Crippen LogP contribution in [0, 0.1) is 0 Å². The van der Waals surface area contributed by atoms with Crippen LogP contribution in [0.15, 0.2) is 42.6 Å². The number of carbonyl (C=O) groups excluding carboxylic acids is 1. The van der Waals surface area contributed by atoms with Gasteiger partial charge in [0.15, 0.2) is 0 Å². The molecule has 4 nitrogen and oxygen atoms in total. The van der Waals surface area contributed by atoms with Crippen molar-refractivity contribution in [1.29, 1.82) is 0 Å². The van der Waals surface area contributed by atoms with E-state index in [1.807, 2.05) is 24.3 Å². The van der Waals surface area contributed by atoms with Gasteiger partial charge >= 0.3 is 0 Å². The Bertz CT molecular complexity index is 852. The number of amides is 1. The van der Waals surface area contributed by atoms with E-state index in [2.05, 4.69) is 21.4 Å². The number of para-hydroxylation sites is 1. The maximum absolute atomic E-state index is 12.6. The summed E-state index contributed by atoms with van der Waals surface area (Å²) in [6.07, 6.45) is 7.57. The second kappa shape index (κ2) is 5.88. The van der Waals surface area contributed by atoms with Gasteiger partial charge in [0.05, 0.1) is 11.1 Å². The lowest BCUT2D eigenvalue weighted by Crippen LogP contribution is -2.13. The highest BCUT2D eigenvalue weighted by Crippen LogP contribution is 2.30. The number of aromatic nitrogens is 2. The highest BCUT2D eigenvalue weighted by molar-refractivity contribution is 6.12. The molecule has 116 valence electrons. The molecule has 0 aliphatic heterocycles. The summed E-state index contributed by atoms with van der Waals surface area (Å²) in [7, 11) is 0. The Hall–Kier alpha value is -2.62. The second-order valence-corrected chi connectivity index (χ2v) is 6.04. The molecule has 3 aromatic rings. The zero-order chi connectivity index (χ0) is 15.6. The SMILES string of the molecule is O=C(Nc1ccccn1)c1cccc2c3c([nH]c12)CCCCC3. The minimum absolute atomic E-state index is 0.120. The monoisotopic (exact) mass is 305 g/mol. The van der Waals surface area contributed by atoms with E-state index in [4.69, 9.17) is 0 Å². The lowest BCUT2D eigenvalue weighted by molar-refractivity contribution is 0.102. The lowest BCUT2D eigenvalue weighted by atomic mass is 10.0. The van der Waals surface area contributed by atoms with Gasteiger partial charge in [-0.2, -0.15) is 0 Å². The number of hydrogen-bond donors (Lipinski definition) is 2. The zero-order valence-corrected chi connectivity index (χ0v) is 12.9. The summed E-state index contributed by atoms with van der Waals surface area (Å²) >= 11 is 0. The lowest BCUT2D eigenvalue weighted by Gasteiger charge is -2.06. The number of pyridine rings is 1. The van der Waals surface area contributed by atoms with Crippen molar-refractivity contribution in [2.24, 2.45) is 0 Å². The largest absolute Gasteiger partial charge is 0.358 e. The number of fused-ring (bicyclic) bond motifs is 3. The number of aryl methyl sites for hydroxylation is 2. The van der Waals surface area contributed by atoms with Gasteiger partial charge in [-0.25, -0.2) is 4.98 Å². The van der Waals surface area contributed by atoms with Crippen LogP contribution in [0.5, 0.6) is 0 Å². The number of benzene rings is 1. The fraction of sp³-hybridized carbons (Fsp3) is 0.263. The average molecular weight is 305 g/mol. The van der Waals surface area contributed by atoms with Gasteiger partial charge in [-0.3, -0.25) is 4.79 Å². The van der Waals surface area contributed by atoms with E-state index in [0.717, 1.165) is 18.4 Å². The number of H-pyrrole nitrogens is 1. The topological polar surface area (TPSA) is 57.8 Å². The van der Waals surface area contributed by atoms with Gasteiger partial charge < -0.3 is 10.3 Å². The number of anilines is 1. The highest BCUT2D eigenvalue weighted by atomic mass is 16.1. The molecule has 1 aliphatic rings. The molecule has 1 aromatic carbocycles. The van der Waals surface area contributed by atoms with Crippen LogP contribution in [0.2, 0.25) is 0 Å². The quantitative estimate of drug-likeness (QED) is 0.701. The molecule has 0 bridgehead atoms. The van der Waals surface area contributed by atoms with Crippen LogP contribution in [0.4, 0.5) is 5.82 Å². The minimum atomic E-state index is -0.120. The Morgan fingerprint density at radius 1 is 1.04 bits per heavy atom. The molecule has 1 amide bonds. The molecule has 0 fully saturated rings. The Morgan fingerprint density at radius 2 is 1.96 bits per heavy atom. The van der Waals surface area contributed by atoms with Crippen molar-refractivity contribution in [2.45, 2.75) is 32.1 Å². The van der Waals surface area contributed by atoms with Gasteiger partial charge in [-0.05, 0) is 49.4 Å². The number of nitrogens with zero attached hydrogens (tertiary/aromatic N) is 1. The molecule has 23 heavy (non-hydrogen) atoms. The zero-order valence-electron chi connectivity index (χ0n) is 12.9. The molecular weight excluding hydrogens is 286 g/mol. The Kier molecular flexibility index (Phi) is 3.58. The molecule has 0 saturated carbocycles. The number of rotatable bonds is 2. The highest BCUT2D eigenvalue weighted by Gasteiger charge is 2.18. The fourth-order valence-corrected chi connectivity index (χ4v) is 3.42. The first-order chi connectivity index (χ1) is 11.3. The van der Waals surface area contributed by atoms with E-state index in [0.29, 0.717) is 11.4 Å². The smallest absolute Gasteiger partial charge is 0.258 e. The number of nitrogens with one attached hydrogen (secondary N) is 2. The van der Waals surface area contributed by atoms with Gasteiger partial charge in [0.25, 0.3) is 5.91 Å². The minimum Gasteiger partial charge on any atom is -0.358 e. The van der Waals surface area contributed by atoms with Crippen LogP contribution in [-0.2, 0) is 12.8 Å². The predicted molar refractivity (Wildman–Crippen MR) is 91.7 cm³/mol. The predicted octanol–water partition coefficient (Wildman–Crippen LogP) is 4.08. The van der Waals surface area contributed by atoms with E-state index in [-0.39, 0.29) is 5.91 Å². The Morgan fingerprint density at radius 3 is 2.83 bits per heavy atom. The summed E-state index contributed by atoms with van der Waals surface area (Å²) in [6.45, 7) is 0. The van der Waals surface area contributed by atoms with Crippen molar-refractivity contribution in [3.63, 3.8) is 0 Å². The van der Waals surface area contributed by atoms with E-state index in [1.54, 1.807) is 12.3 Å². The summed E-state index contributed by atoms with van der Waals surface area (Å²) in [4.78, 5) is 20.3. The maximum Gasteiger partial charge on any atom is 0.258 e. The summed E-state index contributed by atoms with van der Waals surface area (Å²) < 4.78 is 0. The van der Waals surface area contributed by atoms with E-state index in [9.17, 15) is 4.79 Å². The molecule has 0 atom stereocenters. The molecular formula is C19H19N3O. The molecule has 4 rings (SSSR count). The van der Waals surface area contributed by atoms with Gasteiger partial charge in [0.2, 0.25) is 0 Å². The molecule has 0 spiro atoms. The van der Waals surface area contributed by atoms with Crippen molar-refractivity contribution in [3.05, 3.63) is 59.4 Å². The fourth-order valence-electron chi connectivity index (χ4n) is 3.42. The van der Waals surface area contributed by atoms with Crippen LogP contribution in [0.1, 0.15) is 40.9 Å². The molecule has 2 heterocycles. The summed E-state index contributed by atoms with van der Waals surface area (Å²) in [6, 6.07) is 11.4. The summed E-state index contributed by atoms with van der Waals surface area (Å²) in [5, 5.41) is 4.06. The third-order valence-electron chi connectivity index (χ3n) is 4.53. The van der Waals surface area contributed by atoms with Gasteiger partial charge in [-0.1, -0.05) is 24.6 Å². The second-order valence-electron chi connectivity index (χ2n) is 6.04. The maximum atomic E-state index is 12.6. The normalized spacial score (nSPS) is 14.3. The molecule has 2 aromatic heterocycles. The van der Waals surface area contributed by atoms with Gasteiger partial charge in [0.1, 0.15) is 5.82 Å². The van der Waals surface area contributed by atoms with Crippen molar-refractivity contribution >= 4 is 22.6 Å². The first kappa shape index (κ1) is 14.0. The Balaban J connectivity index is 1.74. The standard InChI is InChI=1S/C19H19N3O/c23-19(22-17-11-4-5-12-20-17)15-9-6-8-14-13-7-2-1-3-10-16(13)21-18(14)15/h4-6,8-9,11-12,21H,1-3,7,10H2,(H,20,22,23). The van der Waals surface area contributed by atoms with Crippen molar-refractivity contribution in [3.8, 4) is 0 Å². The first-order valence-electron chi connectivity index (χ1n) is 8.18. The summed E-state index contributed by atoms with van der Waals surface area (Å²) in [5.74, 6) is 0.452. The van der Waals surface area contributed by atoms with Gasteiger partial charge in [0, 0.05) is 17.3 Å². The van der Waals surface area contributed by atoms with Crippen LogP contribution in [0.3, 0.4) is 0 Å². The molecule has 2 N–H and O–H groups in total. The number of carbonyl (C=O) groups is 1. The first-order valence-corrected chi connectivity index (χ1v) is 8.18. The summed E-state index contributed by atoms with van der Waals surface area (Å²) in [5.41, 5.74) is 4.33. The number of hydrogen-bond acceptors (Lipinski definition) is 2. The van der Waals surface area contributed by atoms with E-state index < -0.39 is 0 Å². The third kappa shape index (κ3) is 2.61. The molecule has 1 aliphatic carbocycles. The molecule has 0 saturated heterocycles.